The van der Waals surface area contributed by atoms with Gasteiger partial charge >= 0.3 is 11.9 Å². The van der Waals surface area contributed by atoms with Crippen LogP contribution in [0.3, 0.4) is 0 Å². The summed E-state index contributed by atoms with van der Waals surface area (Å²) < 4.78 is 5.09. The van der Waals surface area contributed by atoms with Crippen molar-refractivity contribution in [3.8, 4) is 0 Å². The minimum Gasteiger partial charge on any atom is -0.478 e. The minimum absolute atomic E-state index is 0.164. The molecule has 0 bridgehead atoms. The van der Waals surface area contributed by atoms with E-state index in [9.17, 15) is 9.59 Å². The summed E-state index contributed by atoms with van der Waals surface area (Å²) in [7, 11) is 0. The number of esters is 1. The standard InChI is InChI=1S/C11H18O4S/c1-8(10(13)14)5-6-16-7-9(12)15-11(2,3)4/h1,5-7H2,2-4H3,(H,13,14). The molecule has 0 heterocycles. The molecule has 0 rings (SSSR count). The van der Waals surface area contributed by atoms with E-state index in [4.69, 9.17) is 9.84 Å². The van der Waals surface area contributed by atoms with Crippen LogP contribution in [0.5, 0.6) is 0 Å². The van der Waals surface area contributed by atoms with Crippen molar-refractivity contribution in [3.05, 3.63) is 12.2 Å². The normalized spacial score (nSPS) is 10.9. The monoisotopic (exact) mass is 246 g/mol. The SMILES string of the molecule is C=C(CCSCC(=O)OC(C)(C)C)C(=O)O. The third-order valence-corrected chi connectivity index (χ3v) is 2.42. The van der Waals surface area contributed by atoms with Gasteiger partial charge in [0, 0.05) is 5.57 Å². The molecule has 0 unspecified atom stereocenters. The molecule has 4 nitrogen and oxygen atoms in total. The number of ether oxygens (including phenoxy) is 1. The van der Waals surface area contributed by atoms with Crippen LogP contribution in [0.1, 0.15) is 27.2 Å². The Kier molecular flexibility index (Phi) is 6.18. The van der Waals surface area contributed by atoms with E-state index in [1.807, 2.05) is 20.8 Å². The molecule has 5 heteroatoms. The van der Waals surface area contributed by atoms with E-state index in [-0.39, 0.29) is 17.3 Å². The highest BCUT2D eigenvalue weighted by atomic mass is 32.2. The summed E-state index contributed by atoms with van der Waals surface area (Å²) in [4.78, 5) is 21.7. The van der Waals surface area contributed by atoms with Gasteiger partial charge in [-0.1, -0.05) is 6.58 Å². The molecule has 1 N–H and O–H groups in total. The van der Waals surface area contributed by atoms with Crippen LogP contribution in [-0.2, 0) is 14.3 Å². The molecule has 0 saturated heterocycles. The van der Waals surface area contributed by atoms with Crippen molar-refractivity contribution in [2.75, 3.05) is 11.5 Å². The van der Waals surface area contributed by atoms with E-state index in [1.54, 1.807) is 0 Å². The lowest BCUT2D eigenvalue weighted by Gasteiger charge is -2.19. The van der Waals surface area contributed by atoms with Gasteiger partial charge in [0.15, 0.2) is 0 Å². The van der Waals surface area contributed by atoms with Crippen molar-refractivity contribution >= 4 is 23.7 Å². The number of carboxylic acids is 1. The zero-order valence-electron chi connectivity index (χ0n) is 9.91. The van der Waals surface area contributed by atoms with Crippen LogP contribution in [0.4, 0.5) is 0 Å². The Balaban J connectivity index is 3.64. The lowest BCUT2D eigenvalue weighted by molar-refractivity contribution is -0.151. The molecule has 0 aromatic rings. The van der Waals surface area contributed by atoms with Crippen molar-refractivity contribution < 1.29 is 19.4 Å². The molecular formula is C11H18O4S. The highest BCUT2D eigenvalue weighted by Gasteiger charge is 2.15. The summed E-state index contributed by atoms with van der Waals surface area (Å²) in [6, 6.07) is 0. The third kappa shape index (κ3) is 8.35. The first-order valence-corrected chi connectivity index (χ1v) is 6.08. The van der Waals surface area contributed by atoms with Gasteiger partial charge in [-0.3, -0.25) is 4.79 Å². The van der Waals surface area contributed by atoms with Crippen LogP contribution in [-0.4, -0.2) is 34.2 Å². The molecule has 0 aliphatic carbocycles. The molecular weight excluding hydrogens is 228 g/mol. The number of carbonyl (C=O) groups excluding carboxylic acids is 1. The van der Waals surface area contributed by atoms with Crippen LogP contribution in [0.2, 0.25) is 0 Å². The molecule has 16 heavy (non-hydrogen) atoms. The predicted octanol–water partition coefficient (Wildman–Crippen LogP) is 2.09. The van der Waals surface area contributed by atoms with Crippen molar-refractivity contribution in [1.29, 1.82) is 0 Å². The molecule has 0 aliphatic heterocycles. The summed E-state index contributed by atoms with van der Waals surface area (Å²) in [5, 5.41) is 8.54. The summed E-state index contributed by atoms with van der Waals surface area (Å²) >= 11 is 1.35. The predicted molar refractivity (Wildman–Crippen MR) is 64.6 cm³/mol. The third-order valence-electron chi connectivity index (χ3n) is 1.49. The maximum absolute atomic E-state index is 11.3. The molecule has 0 saturated carbocycles. The average Bonchev–Trinajstić information content (AvgIpc) is 2.08. The Morgan fingerprint density at radius 2 is 1.94 bits per heavy atom. The van der Waals surface area contributed by atoms with Gasteiger partial charge in [0.2, 0.25) is 0 Å². The smallest absolute Gasteiger partial charge is 0.330 e. The Hall–Kier alpha value is -0.970. The van der Waals surface area contributed by atoms with E-state index in [2.05, 4.69) is 6.58 Å². The number of hydrogen-bond acceptors (Lipinski definition) is 4. The first-order valence-electron chi connectivity index (χ1n) is 4.93. The largest absolute Gasteiger partial charge is 0.478 e. The second-order valence-electron chi connectivity index (χ2n) is 4.30. The molecule has 0 aliphatic rings. The molecule has 0 amide bonds. The van der Waals surface area contributed by atoms with E-state index in [0.717, 1.165) is 0 Å². The highest BCUT2D eigenvalue weighted by molar-refractivity contribution is 7.99. The summed E-state index contributed by atoms with van der Waals surface area (Å²) in [5.41, 5.74) is -0.306. The first-order chi connectivity index (χ1) is 7.22. The fourth-order valence-electron chi connectivity index (χ4n) is 0.829. The molecule has 92 valence electrons. The zero-order valence-corrected chi connectivity index (χ0v) is 10.7. The Bertz CT molecular complexity index is 278. The second-order valence-corrected chi connectivity index (χ2v) is 5.40. The van der Waals surface area contributed by atoms with Crippen molar-refractivity contribution in [2.45, 2.75) is 32.8 Å². The Morgan fingerprint density at radius 3 is 2.38 bits per heavy atom. The lowest BCUT2D eigenvalue weighted by Crippen LogP contribution is -2.25. The van der Waals surface area contributed by atoms with E-state index in [1.165, 1.54) is 11.8 Å². The molecule has 0 atom stereocenters. The lowest BCUT2D eigenvalue weighted by atomic mass is 10.2. The van der Waals surface area contributed by atoms with E-state index < -0.39 is 11.6 Å². The number of thioether (sulfide) groups is 1. The van der Waals surface area contributed by atoms with Gasteiger partial charge < -0.3 is 9.84 Å². The zero-order chi connectivity index (χ0) is 12.8. The van der Waals surface area contributed by atoms with Crippen LogP contribution in [0.25, 0.3) is 0 Å². The van der Waals surface area contributed by atoms with Crippen molar-refractivity contribution in [2.24, 2.45) is 0 Å². The molecule has 0 spiro atoms. The molecule has 0 aromatic heterocycles. The topological polar surface area (TPSA) is 63.6 Å². The van der Waals surface area contributed by atoms with Gasteiger partial charge in [-0.2, -0.15) is 0 Å². The van der Waals surface area contributed by atoms with Gasteiger partial charge in [-0.15, -0.1) is 11.8 Å². The number of hydrogen-bond donors (Lipinski definition) is 1. The number of carbonyl (C=O) groups is 2. The van der Waals surface area contributed by atoms with Gasteiger partial charge in [0.25, 0.3) is 0 Å². The van der Waals surface area contributed by atoms with Crippen LogP contribution in [0, 0.1) is 0 Å². The summed E-state index contributed by atoms with van der Waals surface area (Å²) in [6.07, 6.45) is 0.378. The minimum atomic E-state index is -0.988. The van der Waals surface area contributed by atoms with Crippen LogP contribution >= 0.6 is 11.8 Å². The summed E-state index contributed by atoms with van der Waals surface area (Å²) in [6.45, 7) is 8.82. The van der Waals surface area contributed by atoms with Crippen LogP contribution in [0.15, 0.2) is 12.2 Å². The maximum atomic E-state index is 11.3. The van der Waals surface area contributed by atoms with E-state index in [0.29, 0.717) is 12.2 Å². The quantitative estimate of drug-likeness (QED) is 0.441. The number of rotatable bonds is 6. The fourth-order valence-corrected chi connectivity index (χ4v) is 1.59. The highest BCUT2D eigenvalue weighted by Crippen LogP contribution is 2.12. The summed E-state index contributed by atoms with van der Waals surface area (Å²) in [5.74, 6) is -0.467. The van der Waals surface area contributed by atoms with Gasteiger partial charge in [0.05, 0.1) is 5.75 Å². The van der Waals surface area contributed by atoms with E-state index >= 15 is 0 Å². The van der Waals surface area contributed by atoms with Gasteiger partial charge in [-0.25, -0.2) is 4.79 Å². The first kappa shape index (κ1) is 15.0. The number of aliphatic carboxylic acids is 1. The van der Waals surface area contributed by atoms with Gasteiger partial charge in [0.1, 0.15) is 5.60 Å². The number of carboxylic acid groups (broad SMARTS) is 1. The van der Waals surface area contributed by atoms with Crippen molar-refractivity contribution in [3.63, 3.8) is 0 Å². The van der Waals surface area contributed by atoms with Crippen LogP contribution < -0.4 is 0 Å². The maximum Gasteiger partial charge on any atom is 0.330 e. The van der Waals surface area contributed by atoms with Crippen molar-refractivity contribution in [1.82, 2.24) is 0 Å². The Labute approximate surface area is 100 Å². The average molecular weight is 246 g/mol. The molecule has 0 aromatic carbocycles. The molecule has 0 radical (unpaired) electrons. The second kappa shape index (κ2) is 6.58. The fraction of sp³-hybridized carbons (Fsp3) is 0.636. The Morgan fingerprint density at radius 1 is 1.38 bits per heavy atom. The van der Waals surface area contributed by atoms with Gasteiger partial charge in [-0.05, 0) is 32.9 Å². The molecule has 0 fully saturated rings.